The van der Waals surface area contributed by atoms with Crippen molar-refractivity contribution in [3.05, 3.63) is 60.4 Å². The van der Waals surface area contributed by atoms with Crippen molar-refractivity contribution in [2.45, 2.75) is 6.42 Å². The van der Waals surface area contributed by atoms with E-state index in [0.717, 1.165) is 0 Å². The zero-order valence-electron chi connectivity index (χ0n) is 10.8. The molecule has 0 fully saturated rings. The van der Waals surface area contributed by atoms with Crippen LogP contribution >= 0.6 is 0 Å². The average molecular weight is 270 g/mol. The number of amides is 1. The van der Waals surface area contributed by atoms with E-state index in [9.17, 15) is 9.59 Å². The Morgan fingerprint density at radius 1 is 1.05 bits per heavy atom. The van der Waals surface area contributed by atoms with Crippen LogP contribution in [0.15, 0.2) is 54.9 Å². The number of nitrogens with zero attached hydrogens (tertiary/aromatic N) is 2. The molecule has 1 aromatic heterocycles. The van der Waals surface area contributed by atoms with Gasteiger partial charge in [0.05, 0.1) is 6.42 Å². The van der Waals surface area contributed by atoms with Gasteiger partial charge in [0.1, 0.15) is 0 Å². The SMILES string of the molecule is O=C(O)CCN(C(=O)c1ccncc1)c1ccccc1. The number of pyridine rings is 1. The van der Waals surface area contributed by atoms with E-state index in [1.54, 1.807) is 24.3 Å². The molecular weight excluding hydrogens is 256 g/mol. The van der Waals surface area contributed by atoms with Crippen molar-refractivity contribution in [3.63, 3.8) is 0 Å². The number of benzene rings is 1. The zero-order chi connectivity index (χ0) is 14.4. The maximum atomic E-state index is 12.5. The summed E-state index contributed by atoms with van der Waals surface area (Å²) < 4.78 is 0. The van der Waals surface area contributed by atoms with Crippen LogP contribution in [0, 0.1) is 0 Å². The van der Waals surface area contributed by atoms with E-state index < -0.39 is 5.97 Å². The number of carboxylic acid groups (broad SMARTS) is 1. The fraction of sp³-hybridized carbons (Fsp3) is 0.133. The summed E-state index contributed by atoms with van der Waals surface area (Å²) >= 11 is 0. The lowest BCUT2D eigenvalue weighted by Crippen LogP contribution is -2.33. The molecule has 0 aliphatic carbocycles. The number of carboxylic acids is 1. The molecule has 1 aromatic carbocycles. The summed E-state index contributed by atoms with van der Waals surface area (Å²) in [6, 6.07) is 12.2. The summed E-state index contributed by atoms with van der Waals surface area (Å²) in [6.45, 7) is 0.125. The van der Waals surface area contributed by atoms with E-state index in [-0.39, 0.29) is 18.9 Å². The Balaban J connectivity index is 2.27. The normalized spacial score (nSPS) is 10.0. The molecule has 0 saturated heterocycles. The van der Waals surface area contributed by atoms with E-state index in [0.29, 0.717) is 11.3 Å². The highest BCUT2D eigenvalue weighted by Crippen LogP contribution is 2.17. The minimum atomic E-state index is -0.937. The van der Waals surface area contributed by atoms with Gasteiger partial charge in [-0.2, -0.15) is 0 Å². The summed E-state index contributed by atoms with van der Waals surface area (Å²) in [5.74, 6) is -1.17. The first-order valence-electron chi connectivity index (χ1n) is 6.17. The van der Waals surface area contributed by atoms with E-state index in [2.05, 4.69) is 4.98 Å². The Hall–Kier alpha value is -2.69. The van der Waals surface area contributed by atoms with E-state index in [4.69, 9.17) is 5.11 Å². The highest BCUT2D eigenvalue weighted by atomic mass is 16.4. The van der Waals surface area contributed by atoms with Crippen molar-refractivity contribution in [2.75, 3.05) is 11.4 Å². The largest absolute Gasteiger partial charge is 0.481 e. The van der Waals surface area contributed by atoms with Crippen LogP contribution in [0.5, 0.6) is 0 Å². The molecule has 102 valence electrons. The Bertz CT molecular complexity index is 585. The van der Waals surface area contributed by atoms with Gasteiger partial charge in [-0.1, -0.05) is 18.2 Å². The second kappa shape index (κ2) is 6.47. The Morgan fingerprint density at radius 2 is 1.70 bits per heavy atom. The smallest absolute Gasteiger partial charge is 0.305 e. The van der Waals surface area contributed by atoms with Crippen LogP contribution in [0.2, 0.25) is 0 Å². The lowest BCUT2D eigenvalue weighted by Gasteiger charge is -2.22. The molecular formula is C15H14N2O3. The third kappa shape index (κ3) is 3.41. The fourth-order valence-corrected chi connectivity index (χ4v) is 1.81. The molecule has 0 unspecified atom stereocenters. The predicted molar refractivity (Wildman–Crippen MR) is 74.6 cm³/mol. The van der Waals surface area contributed by atoms with Crippen LogP contribution in [0.1, 0.15) is 16.8 Å². The number of rotatable bonds is 5. The minimum Gasteiger partial charge on any atom is -0.481 e. The molecule has 0 aliphatic rings. The number of para-hydroxylation sites is 1. The Morgan fingerprint density at radius 3 is 2.30 bits per heavy atom. The highest BCUT2D eigenvalue weighted by molar-refractivity contribution is 6.06. The summed E-state index contributed by atoms with van der Waals surface area (Å²) in [5.41, 5.74) is 1.16. The van der Waals surface area contributed by atoms with Crippen LogP contribution < -0.4 is 4.90 Å². The number of hydrogen-bond acceptors (Lipinski definition) is 3. The molecule has 5 nitrogen and oxygen atoms in total. The second-order valence-corrected chi connectivity index (χ2v) is 4.17. The van der Waals surface area contributed by atoms with Gasteiger partial charge in [-0.3, -0.25) is 14.6 Å². The third-order valence-corrected chi connectivity index (χ3v) is 2.79. The molecule has 0 atom stereocenters. The Labute approximate surface area is 116 Å². The maximum absolute atomic E-state index is 12.5. The van der Waals surface area contributed by atoms with Crippen molar-refractivity contribution in [3.8, 4) is 0 Å². The topological polar surface area (TPSA) is 70.5 Å². The van der Waals surface area contributed by atoms with Crippen molar-refractivity contribution in [1.82, 2.24) is 4.98 Å². The molecule has 2 aromatic rings. The maximum Gasteiger partial charge on any atom is 0.305 e. The minimum absolute atomic E-state index is 0.105. The number of hydrogen-bond donors (Lipinski definition) is 1. The molecule has 2 rings (SSSR count). The Kier molecular flexibility index (Phi) is 4.44. The van der Waals surface area contributed by atoms with Gasteiger partial charge in [-0.25, -0.2) is 0 Å². The third-order valence-electron chi connectivity index (χ3n) is 2.79. The summed E-state index contributed by atoms with van der Waals surface area (Å²) in [6.07, 6.45) is 2.97. The van der Waals surface area contributed by atoms with Crippen LogP contribution in [0.3, 0.4) is 0 Å². The van der Waals surface area contributed by atoms with Crippen molar-refractivity contribution in [2.24, 2.45) is 0 Å². The number of carbonyl (C=O) groups is 2. The van der Waals surface area contributed by atoms with Crippen molar-refractivity contribution in [1.29, 1.82) is 0 Å². The first kappa shape index (κ1) is 13.7. The van der Waals surface area contributed by atoms with Crippen molar-refractivity contribution < 1.29 is 14.7 Å². The molecule has 1 amide bonds. The molecule has 5 heteroatoms. The van der Waals surface area contributed by atoms with Gasteiger partial charge in [0.25, 0.3) is 5.91 Å². The monoisotopic (exact) mass is 270 g/mol. The van der Waals surface area contributed by atoms with Crippen LogP contribution in [0.25, 0.3) is 0 Å². The molecule has 0 spiro atoms. The second-order valence-electron chi connectivity index (χ2n) is 4.17. The predicted octanol–water partition coefficient (Wildman–Crippen LogP) is 2.20. The van der Waals surface area contributed by atoms with Crippen molar-refractivity contribution >= 4 is 17.6 Å². The van der Waals surface area contributed by atoms with Gasteiger partial charge in [0, 0.05) is 30.2 Å². The molecule has 0 radical (unpaired) electrons. The van der Waals surface area contributed by atoms with E-state index in [1.807, 2.05) is 18.2 Å². The van der Waals surface area contributed by atoms with Crippen LogP contribution in [-0.2, 0) is 4.79 Å². The molecule has 20 heavy (non-hydrogen) atoms. The van der Waals surface area contributed by atoms with E-state index >= 15 is 0 Å². The van der Waals surface area contributed by atoms with Gasteiger partial charge in [-0.15, -0.1) is 0 Å². The van der Waals surface area contributed by atoms with E-state index in [1.165, 1.54) is 17.3 Å². The van der Waals surface area contributed by atoms with Gasteiger partial charge in [-0.05, 0) is 24.3 Å². The number of aromatic nitrogens is 1. The fourth-order valence-electron chi connectivity index (χ4n) is 1.81. The molecule has 1 N–H and O–H groups in total. The molecule has 1 heterocycles. The number of carbonyl (C=O) groups excluding carboxylic acids is 1. The quantitative estimate of drug-likeness (QED) is 0.904. The standard InChI is InChI=1S/C15H14N2O3/c18-14(19)8-11-17(13-4-2-1-3-5-13)15(20)12-6-9-16-10-7-12/h1-7,9-10H,8,11H2,(H,18,19). The van der Waals surface area contributed by atoms with Gasteiger partial charge in [0.2, 0.25) is 0 Å². The first-order chi connectivity index (χ1) is 9.68. The van der Waals surface area contributed by atoms with Gasteiger partial charge < -0.3 is 10.0 Å². The van der Waals surface area contributed by atoms with Gasteiger partial charge >= 0.3 is 5.97 Å². The lowest BCUT2D eigenvalue weighted by atomic mass is 10.2. The van der Waals surface area contributed by atoms with Crippen LogP contribution in [0.4, 0.5) is 5.69 Å². The molecule has 0 bridgehead atoms. The highest BCUT2D eigenvalue weighted by Gasteiger charge is 2.18. The lowest BCUT2D eigenvalue weighted by molar-refractivity contribution is -0.136. The number of aliphatic carboxylic acids is 1. The summed E-state index contributed by atoms with van der Waals surface area (Å²) in [7, 11) is 0. The van der Waals surface area contributed by atoms with Crippen LogP contribution in [-0.4, -0.2) is 28.5 Å². The summed E-state index contributed by atoms with van der Waals surface area (Å²) in [5, 5.41) is 8.81. The first-order valence-corrected chi connectivity index (χ1v) is 6.17. The number of anilines is 1. The van der Waals surface area contributed by atoms with Gasteiger partial charge in [0.15, 0.2) is 0 Å². The zero-order valence-corrected chi connectivity index (χ0v) is 10.8. The molecule has 0 saturated carbocycles. The molecule has 0 aliphatic heterocycles. The average Bonchev–Trinajstić information content (AvgIpc) is 2.49. The summed E-state index contributed by atoms with van der Waals surface area (Å²) in [4.78, 5) is 28.5.